The van der Waals surface area contributed by atoms with Crippen molar-refractivity contribution in [1.82, 2.24) is 9.88 Å². The van der Waals surface area contributed by atoms with Crippen LogP contribution in [-0.4, -0.2) is 55.2 Å². The second-order valence-electron chi connectivity index (χ2n) is 5.12. The first kappa shape index (κ1) is 15.5. The normalized spacial score (nSPS) is 15.3. The highest BCUT2D eigenvalue weighted by molar-refractivity contribution is 6.02. The quantitative estimate of drug-likeness (QED) is 0.873. The van der Waals surface area contributed by atoms with Gasteiger partial charge in [-0.1, -0.05) is 0 Å². The fourth-order valence-electron chi connectivity index (χ4n) is 2.24. The van der Waals surface area contributed by atoms with Crippen LogP contribution in [0.25, 0.3) is 0 Å². The number of amides is 1. The monoisotopic (exact) mass is 317 g/mol. The van der Waals surface area contributed by atoms with Crippen molar-refractivity contribution < 1.29 is 18.7 Å². The van der Waals surface area contributed by atoms with Crippen LogP contribution in [-0.2, 0) is 4.74 Å². The highest BCUT2D eigenvalue weighted by Gasteiger charge is 2.11. The Labute approximate surface area is 134 Å². The van der Waals surface area contributed by atoms with Crippen LogP contribution in [0.5, 0.6) is 5.88 Å². The maximum atomic E-state index is 11.8. The summed E-state index contributed by atoms with van der Waals surface area (Å²) in [6, 6.07) is 6.75. The van der Waals surface area contributed by atoms with E-state index in [4.69, 9.17) is 13.9 Å². The molecule has 2 aromatic heterocycles. The first-order chi connectivity index (χ1) is 11.3. The third-order valence-corrected chi connectivity index (χ3v) is 3.50. The number of furan rings is 1. The SMILES string of the molecule is O=C(Nc1ccc(OCCN2CCOCC2)nc1)c1ccco1. The second kappa shape index (κ2) is 7.75. The van der Waals surface area contributed by atoms with Gasteiger partial charge < -0.3 is 19.2 Å². The Bertz CT molecular complexity index is 607. The highest BCUT2D eigenvalue weighted by Crippen LogP contribution is 2.13. The number of carbonyl (C=O) groups is 1. The van der Waals surface area contributed by atoms with Gasteiger partial charge in [0.1, 0.15) is 6.61 Å². The number of hydrogen-bond donors (Lipinski definition) is 1. The van der Waals surface area contributed by atoms with Crippen molar-refractivity contribution in [3.8, 4) is 5.88 Å². The number of ether oxygens (including phenoxy) is 2. The summed E-state index contributed by atoms with van der Waals surface area (Å²) in [4.78, 5) is 18.3. The molecule has 0 unspecified atom stereocenters. The van der Waals surface area contributed by atoms with Crippen molar-refractivity contribution in [2.24, 2.45) is 0 Å². The summed E-state index contributed by atoms with van der Waals surface area (Å²) in [7, 11) is 0. The van der Waals surface area contributed by atoms with Gasteiger partial charge in [0.05, 0.1) is 31.4 Å². The van der Waals surface area contributed by atoms with Gasteiger partial charge in [-0.15, -0.1) is 0 Å². The molecule has 0 bridgehead atoms. The summed E-state index contributed by atoms with van der Waals surface area (Å²) in [6.45, 7) is 4.86. The number of anilines is 1. The number of nitrogens with zero attached hydrogens (tertiary/aromatic N) is 2. The average Bonchev–Trinajstić information content (AvgIpc) is 3.12. The number of pyridine rings is 1. The van der Waals surface area contributed by atoms with Crippen molar-refractivity contribution in [2.45, 2.75) is 0 Å². The molecule has 0 saturated carbocycles. The Hall–Kier alpha value is -2.38. The van der Waals surface area contributed by atoms with Crippen molar-refractivity contribution in [2.75, 3.05) is 44.8 Å². The van der Waals surface area contributed by atoms with Crippen molar-refractivity contribution in [1.29, 1.82) is 0 Å². The Morgan fingerprint density at radius 2 is 2.17 bits per heavy atom. The summed E-state index contributed by atoms with van der Waals surface area (Å²) < 4.78 is 15.9. The molecule has 2 aromatic rings. The van der Waals surface area contributed by atoms with E-state index in [9.17, 15) is 4.79 Å². The Morgan fingerprint density at radius 1 is 1.30 bits per heavy atom. The van der Waals surface area contributed by atoms with Gasteiger partial charge in [-0.3, -0.25) is 9.69 Å². The molecule has 1 saturated heterocycles. The molecule has 1 aliphatic heterocycles. The molecule has 1 N–H and O–H groups in total. The lowest BCUT2D eigenvalue weighted by Gasteiger charge is -2.26. The van der Waals surface area contributed by atoms with E-state index in [1.165, 1.54) is 6.26 Å². The smallest absolute Gasteiger partial charge is 0.291 e. The van der Waals surface area contributed by atoms with E-state index in [2.05, 4.69) is 15.2 Å². The Morgan fingerprint density at radius 3 is 2.87 bits per heavy atom. The molecule has 23 heavy (non-hydrogen) atoms. The van der Waals surface area contributed by atoms with E-state index in [0.29, 0.717) is 18.2 Å². The number of nitrogens with one attached hydrogen (secondary N) is 1. The molecule has 7 heteroatoms. The molecule has 7 nitrogen and oxygen atoms in total. The van der Waals surface area contributed by atoms with Gasteiger partial charge in [0.25, 0.3) is 5.91 Å². The summed E-state index contributed by atoms with van der Waals surface area (Å²) in [5.41, 5.74) is 0.590. The van der Waals surface area contributed by atoms with Crippen LogP contribution < -0.4 is 10.1 Å². The van der Waals surface area contributed by atoms with Gasteiger partial charge in [0.15, 0.2) is 5.76 Å². The summed E-state index contributed by atoms with van der Waals surface area (Å²) in [6.07, 6.45) is 3.02. The van der Waals surface area contributed by atoms with Crippen molar-refractivity contribution >= 4 is 11.6 Å². The molecule has 0 aromatic carbocycles. The first-order valence-corrected chi connectivity index (χ1v) is 7.55. The molecule has 0 spiro atoms. The highest BCUT2D eigenvalue weighted by atomic mass is 16.5. The number of hydrogen-bond acceptors (Lipinski definition) is 6. The number of rotatable bonds is 6. The van der Waals surface area contributed by atoms with E-state index in [-0.39, 0.29) is 11.7 Å². The van der Waals surface area contributed by atoms with Crippen molar-refractivity contribution in [3.63, 3.8) is 0 Å². The fraction of sp³-hybridized carbons (Fsp3) is 0.375. The van der Waals surface area contributed by atoms with Crippen LogP contribution in [0.15, 0.2) is 41.1 Å². The predicted molar refractivity (Wildman–Crippen MR) is 83.7 cm³/mol. The average molecular weight is 317 g/mol. The van der Waals surface area contributed by atoms with Gasteiger partial charge in [-0.25, -0.2) is 4.98 Å². The van der Waals surface area contributed by atoms with Gasteiger partial charge in [0.2, 0.25) is 5.88 Å². The molecule has 122 valence electrons. The second-order valence-corrected chi connectivity index (χ2v) is 5.12. The lowest BCUT2D eigenvalue weighted by Crippen LogP contribution is -2.38. The van der Waals surface area contributed by atoms with E-state index < -0.39 is 0 Å². The largest absolute Gasteiger partial charge is 0.476 e. The van der Waals surface area contributed by atoms with E-state index in [0.717, 1.165) is 32.8 Å². The predicted octanol–water partition coefficient (Wildman–Crippen LogP) is 1.64. The topological polar surface area (TPSA) is 76.8 Å². The Kier molecular flexibility index (Phi) is 5.23. The first-order valence-electron chi connectivity index (χ1n) is 7.55. The van der Waals surface area contributed by atoms with Crippen LogP contribution >= 0.6 is 0 Å². The van der Waals surface area contributed by atoms with Crippen LogP contribution in [0.2, 0.25) is 0 Å². The summed E-state index contributed by atoms with van der Waals surface area (Å²) in [5.74, 6) is 0.489. The molecule has 3 heterocycles. The molecule has 1 aliphatic rings. The zero-order valence-corrected chi connectivity index (χ0v) is 12.7. The van der Waals surface area contributed by atoms with Crippen LogP contribution in [0.4, 0.5) is 5.69 Å². The number of carbonyl (C=O) groups excluding carboxylic acids is 1. The summed E-state index contributed by atoms with van der Waals surface area (Å²) >= 11 is 0. The maximum absolute atomic E-state index is 11.8. The fourth-order valence-corrected chi connectivity index (χ4v) is 2.24. The van der Waals surface area contributed by atoms with Crippen LogP contribution in [0.3, 0.4) is 0 Å². The maximum Gasteiger partial charge on any atom is 0.291 e. The minimum Gasteiger partial charge on any atom is -0.476 e. The van der Waals surface area contributed by atoms with Crippen LogP contribution in [0.1, 0.15) is 10.6 Å². The van der Waals surface area contributed by atoms with Gasteiger partial charge in [-0.2, -0.15) is 0 Å². The standard InChI is InChI=1S/C16H19N3O4/c20-16(14-2-1-8-22-14)18-13-3-4-15(17-12-13)23-11-7-19-5-9-21-10-6-19/h1-4,8,12H,5-7,9-11H2,(H,18,20). The molecule has 3 rings (SSSR count). The number of aromatic nitrogens is 1. The lowest BCUT2D eigenvalue weighted by atomic mass is 10.3. The Balaban J connectivity index is 1.44. The molecule has 0 radical (unpaired) electrons. The minimum absolute atomic E-state index is 0.260. The molecular formula is C16H19N3O4. The third-order valence-electron chi connectivity index (χ3n) is 3.50. The molecule has 0 aliphatic carbocycles. The lowest BCUT2D eigenvalue weighted by molar-refractivity contribution is 0.0320. The zero-order valence-electron chi connectivity index (χ0n) is 12.7. The molecule has 0 atom stereocenters. The van der Waals surface area contributed by atoms with E-state index in [1.807, 2.05) is 0 Å². The van der Waals surface area contributed by atoms with Gasteiger partial charge in [-0.05, 0) is 18.2 Å². The van der Waals surface area contributed by atoms with Crippen molar-refractivity contribution in [3.05, 3.63) is 42.5 Å². The van der Waals surface area contributed by atoms with Gasteiger partial charge in [0, 0.05) is 25.7 Å². The van der Waals surface area contributed by atoms with Gasteiger partial charge >= 0.3 is 0 Å². The van der Waals surface area contributed by atoms with Crippen LogP contribution in [0, 0.1) is 0 Å². The van der Waals surface area contributed by atoms with E-state index >= 15 is 0 Å². The summed E-state index contributed by atoms with van der Waals surface area (Å²) in [5, 5.41) is 2.71. The zero-order chi connectivity index (χ0) is 15.9. The third kappa shape index (κ3) is 4.54. The number of morpholine rings is 1. The minimum atomic E-state index is -0.308. The molecule has 1 fully saturated rings. The van der Waals surface area contributed by atoms with E-state index in [1.54, 1.807) is 30.5 Å². The molecular weight excluding hydrogens is 298 g/mol. The molecule has 1 amide bonds.